The fourth-order valence-corrected chi connectivity index (χ4v) is 2.39. The molecule has 0 aliphatic carbocycles. The van der Waals surface area contributed by atoms with Crippen LogP contribution in [0.25, 0.3) is 5.57 Å². The fraction of sp³-hybridized carbons (Fsp3) is 0.400. The molecule has 0 spiro atoms. The maximum atomic E-state index is 3.32. The summed E-state index contributed by atoms with van der Waals surface area (Å²) in [6.07, 6.45) is 3.48. The third-order valence-electron chi connectivity index (χ3n) is 2.12. The zero-order valence-electron chi connectivity index (χ0n) is 7.26. The number of rotatable bonds is 1. The summed E-state index contributed by atoms with van der Waals surface area (Å²) >= 11 is 1.90. The van der Waals surface area contributed by atoms with Gasteiger partial charge in [0.1, 0.15) is 0 Å². The second-order valence-corrected chi connectivity index (χ2v) is 4.38. The standard InChI is InChI=1S/C10H13NS/c1-8-2-3-10(12-8)9-4-6-11-7-5-9/h2-4,11H,5-7H2,1H3. The topological polar surface area (TPSA) is 12.0 Å². The number of aryl methyl sites for hydroxylation is 1. The zero-order valence-corrected chi connectivity index (χ0v) is 8.08. The quantitative estimate of drug-likeness (QED) is 0.698. The molecule has 1 N–H and O–H groups in total. The van der Waals surface area contributed by atoms with Crippen molar-refractivity contribution in [2.75, 3.05) is 13.1 Å². The van der Waals surface area contributed by atoms with Gasteiger partial charge in [-0.05, 0) is 37.6 Å². The summed E-state index contributed by atoms with van der Waals surface area (Å²) in [4.78, 5) is 2.86. The van der Waals surface area contributed by atoms with Gasteiger partial charge in [-0.25, -0.2) is 0 Å². The predicted octanol–water partition coefficient (Wildman–Crippen LogP) is 2.43. The highest BCUT2D eigenvalue weighted by atomic mass is 32.1. The molecule has 0 bridgehead atoms. The third-order valence-corrected chi connectivity index (χ3v) is 3.20. The van der Waals surface area contributed by atoms with Crippen molar-refractivity contribution in [3.05, 3.63) is 28.0 Å². The van der Waals surface area contributed by atoms with Gasteiger partial charge in [0.05, 0.1) is 0 Å². The Morgan fingerprint density at radius 2 is 2.33 bits per heavy atom. The molecular weight excluding hydrogens is 166 g/mol. The lowest BCUT2D eigenvalue weighted by molar-refractivity contribution is 0.739. The summed E-state index contributed by atoms with van der Waals surface area (Å²) in [6, 6.07) is 4.43. The summed E-state index contributed by atoms with van der Waals surface area (Å²) in [5.41, 5.74) is 1.52. The largest absolute Gasteiger partial charge is 0.313 e. The SMILES string of the molecule is Cc1ccc(C2=CCNCC2)s1. The number of thiophene rings is 1. The van der Waals surface area contributed by atoms with E-state index in [1.54, 1.807) is 0 Å². The van der Waals surface area contributed by atoms with Gasteiger partial charge in [-0.1, -0.05) is 6.08 Å². The van der Waals surface area contributed by atoms with Gasteiger partial charge in [0.2, 0.25) is 0 Å². The normalized spacial score (nSPS) is 17.6. The molecule has 0 amide bonds. The maximum absolute atomic E-state index is 3.32. The number of hydrogen-bond acceptors (Lipinski definition) is 2. The molecule has 1 aliphatic rings. The van der Waals surface area contributed by atoms with Crippen molar-refractivity contribution < 1.29 is 0 Å². The minimum absolute atomic E-state index is 1.03. The van der Waals surface area contributed by atoms with Crippen molar-refractivity contribution in [3.63, 3.8) is 0 Å². The fourth-order valence-electron chi connectivity index (χ4n) is 1.45. The van der Waals surface area contributed by atoms with Crippen molar-refractivity contribution in [1.29, 1.82) is 0 Å². The second kappa shape index (κ2) is 3.42. The molecule has 1 aliphatic heterocycles. The molecule has 0 saturated heterocycles. The average molecular weight is 179 g/mol. The Morgan fingerprint density at radius 3 is 2.92 bits per heavy atom. The van der Waals surface area contributed by atoms with Gasteiger partial charge in [0, 0.05) is 16.3 Å². The molecule has 1 nitrogen and oxygen atoms in total. The summed E-state index contributed by atoms with van der Waals surface area (Å²) in [5.74, 6) is 0. The number of hydrogen-bond donors (Lipinski definition) is 1. The molecule has 0 radical (unpaired) electrons. The van der Waals surface area contributed by atoms with E-state index in [9.17, 15) is 0 Å². The van der Waals surface area contributed by atoms with E-state index >= 15 is 0 Å². The first-order valence-corrected chi connectivity index (χ1v) is 5.14. The van der Waals surface area contributed by atoms with E-state index < -0.39 is 0 Å². The lowest BCUT2D eigenvalue weighted by atomic mass is 10.1. The minimum atomic E-state index is 1.03. The Morgan fingerprint density at radius 1 is 1.42 bits per heavy atom. The molecule has 64 valence electrons. The van der Waals surface area contributed by atoms with Crippen molar-refractivity contribution in [2.24, 2.45) is 0 Å². The van der Waals surface area contributed by atoms with E-state index in [0.29, 0.717) is 0 Å². The first kappa shape index (κ1) is 8.02. The molecule has 1 aromatic heterocycles. The molecule has 12 heavy (non-hydrogen) atoms. The highest BCUT2D eigenvalue weighted by molar-refractivity contribution is 7.13. The molecule has 2 heteroatoms. The lowest BCUT2D eigenvalue weighted by Gasteiger charge is -2.11. The van der Waals surface area contributed by atoms with E-state index in [-0.39, 0.29) is 0 Å². The van der Waals surface area contributed by atoms with Gasteiger partial charge in [-0.15, -0.1) is 11.3 Å². The number of nitrogens with one attached hydrogen (secondary N) is 1. The highest BCUT2D eigenvalue weighted by Gasteiger charge is 2.06. The predicted molar refractivity (Wildman–Crippen MR) is 54.5 cm³/mol. The second-order valence-electron chi connectivity index (χ2n) is 3.09. The van der Waals surface area contributed by atoms with Crippen LogP contribution in [0.4, 0.5) is 0 Å². The minimum Gasteiger partial charge on any atom is -0.313 e. The summed E-state index contributed by atoms with van der Waals surface area (Å²) in [5, 5.41) is 3.32. The lowest BCUT2D eigenvalue weighted by Crippen LogP contribution is -2.19. The van der Waals surface area contributed by atoms with Crippen molar-refractivity contribution in [3.8, 4) is 0 Å². The summed E-state index contributed by atoms with van der Waals surface area (Å²) < 4.78 is 0. The smallest absolute Gasteiger partial charge is 0.0302 e. The van der Waals surface area contributed by atoms with Gasteiger partial charge in [0.25, 0.3) is 0 Å². The van der Waals surface area contributed by atoms with Gasteiger partial charge in [-0.2, -0.15) is 0 Å². The van der Waals surface area contributed by atoms with Gasteiger partial charge >= 0.3 is 0 Å². The van der Waals surface area contributed by atoms with E-state index in [2.05, 4.69) is 30.4 Å². The van der Waals surface area contributed by atoms with Crippen LogP contribution < -0.4 is 5.32 Å². The first-order chi connectivity index (χ1) is 5.86. The Bertz CT molecular complexity index is 299. The molecular formula is C10H13NS. The van der Waals surface area contributed by atoms with E-state index in [1.165, 1.54) is 21.7 Å². The van der Waals surface area contributed by atoms with Crippen molar-refractivity contribution in [1.82, 2.24) is 5.32 Å². The van der Waals surface area contributed by atoms with Crippen LogP contribution in [0.15, 0.2) is 18.2 Å². The zero-order chi connectivity index (χ0) is 8.39. The summed E-state index contributed by atoms with van der Waals surface area (Å²) in [7, 11) is 0. The van der Waals surface area contributed by atoms with Gasteiger partial charge in [-0.3, -0.25) is 0 Å². The maximum Gasteiger partial charge on any atom is 0.0302 e. The highest BCUT2D eigenvalue weighted by Crippen LogP contribution is 2.26. The molecule has 1 aromatic rings. The molecule has 0 aromatic carbocycles. The molecule has 0 saturated carbocycles. The Balaban J connectivity index is 2.23. The Labute approximate surface area is 77.1 Å². The molecule has 0 unspecified atom stereocenters. The van der Waals surface area contributed by atoms with E-state index in [0.717, 1.165) is 13.1 Å². The average Bonchev–Trinajstić information content (AvgIpc) is 2.54. The van der Waals surface area contributed by atoms with Crippen molar-refractivity contribution in [2.45, 2.75) is 13.3 Å². The van der Waals surface area contributed by atoms with Crippen LogP contribution in [0, 0.1) is 6.92 Å². The van der Waals surface area contributed by atoms with Crippen LogP contribution in [0.3, 0.4) is 0 Å². The van der Waals surface area contributed by atoms with Crippen LogP contribution >= 0.6 is 11.3 Å². The molecule has 2 rings (SSSR count). The van der Waals surface area contributed by atoms with E-state index in [1.807, 2.05) is 11.3 Å². The Kier molecular flexibility index (Phi) is 2.28. The summed E-state index contributed by atoms with van der Waals surface area (Å²) in [6.45, 7) is 4.32. The van der Waals surface area contributed by atoms with Gasteiger partial charge in [0.15, 0.2) is 0 Å². The van der Waals surface area contributed by atoms with Gasteiger partial charge < -0.3 is 5.32 Å². The molecule has 2 heterocycles. The van der Waals surface area contributed by atoms with Crippen LogP contribution in [0.2, 0.25) is 0 Å². The molecule has 0 fully saturated rings. The monoisotopic (exact) mass is 179 g/mol. The van der Waals surface area contributed by atoms with Crippen LogP contribution in [0.5, 0.6) is 0 Å². The molecule has 0 atom stereocenters. The van der Waals surface area contributed by atoms with Crippen LogP contribution in [-0.2, 0) is 0 Å². The van der Waals surface area contributed by atoms with Crippen LogP contribution in [0.1, 0.15) is 16.2 Å². The third kappa shape index (κ3) is 1.59. The van der Waals surface area contributed by atoms with E-state index in [4.69, 9.17) is 0 Å². The van der Waals surface area contributed by atoms with Crippen molar-refractivity contribution >= 4 is 16.9 Å². The first-order valence-electron chi connectivity index (χ1n) is 4.33. The Hall–Kier alpha value is -0.600. The van der Waals surface area contributed by atoms with Crippen LogP contribution in [-0.4, -0.2) is 13.1 Å².